The molecule has 3 aromatic carbocycles. The van der Waals surface area contributed by atoms with E-state index >= 15 is 0 Å². The number of benzene rings is 3. The van der Waals surface area contributed by atoms with E-state index < -0.39 is 0 Å². The van der Waals surface area contributed by atoms with Gasteiger partial charge in [0.2, 0.25) is 0 Å². The van der Waals surface area contributed by atoms with Gasteiger partial charge in [-0.3, -0.25) is 4.79 Å². The molecular formula is C32H34N4O. The van der Waals surface area contributed by atoms with E-state index in [4.69, 9.17) is 9.97 Å². The van der Waals surface area contributed by atoms with Crippen molar-refractivity contribution in [3.63, 3.8) is 0 Å². The van der Waals surface area contributed by atoms with Crippen molar-refractivity contribution in [3.05, 3.63) is 113 Å². The van der Waals surface area contributed by atoms with Gasteiger partial charge in [0.05, 0.1) is 0 Å². The molecule has 0 aliphatic carbocycles. The summed E-state index contributed by atoms with van der Waals surface area (Å²) < 4.78 is 0. The number of carbonyl (C=O) groups is 1. The van der Waals surface area contributed by atoms with Gasteiger partial charge >= 0.3 is 0 Å². The van der Waals surface area contributed by atoms with Crippen molar-refractivity contribution in [2.24, 2.45) is 0 Å². The maximum atomic E-state index is 13.4. The van der Waals surface area contributed by atoms with Gasteiger partial charge < -0.3 is 9.80 Å². The van der Waals surface area contributed by atoms with Gasteiger partial charge in [0.25, 0.3) is 5.91 Å². The molecule has 0 saturated carbocycles. The molecule has 0 unspecified atom stereocenters. The summed E-state index contributed by atoms with van der Waals surface area (Å²) in [5.74, 6) is 1.92. The molecule has 0 bridgehead atoms. The Morgan fingerprint density at radius 3 is 2.16 bits per heavy atom. The summed E-state index contributed by atoms with van der Waals surface area (Å²) >= 11 is 0. The van der Waals surface area contributed by atoms with Crippen LogP contribution in [-0.4, -0.2) is 47.0 Å². The summed E-state index contributed by atoms with van der Waals surface area (Å²) in [6.45, 7) is 7.18. The molecule has 5 nitrogen and oxygen atoms in total. The summed E-state index contributed by atoms with van der Waals surface area (Å²) in [5.41, 5.74) is 6.60. The zero-order valence-electron chi connectivity index (χ0n) is 21.7. The van der Waals surface area contributed by atoms with E-state index in [1.165, 1.54) is 11.1 Å². The van der Waals surface area contributed by atoms with E-state index in [1.54, 1.807) is 0 Å². The molecule has 37 heavy (non-hydrogen) atoms. The van der Waals surface area contributed by atoms with Crippen molar-refractivity contribution >= 4 is 11.7 Å². The third-order valence-electron chi connectivity index (χ3n) is 7.06. The first-order chi connectivity index (χ1) is 18.1. The minimum Gasteiger partial charge on any atom is -0.354 e. The summed E-state index contributed by atoms with van der Waals surface area (Å²) in [7, 11) is 0. The van der Waals surface area contributed by atoms with Gasteiger partial charge in [-0.2, -0.15) is 0 Å². The standard InChI is InChI=1S/C32H34N4O/c1-3-30-29(23-25-11-6-4-7-12-25)31(34-24(2)33-30)35-19-10-20-36(22-21-35)32(37)28-17-15-27(16-18-28)26-13-8-5-9-14-26/h4-9,11-18H,3,10,19-23H2,1-2H3. The number of hydrogen-bond donors (Lipinski definition) is 0. The SMILES string of the molecule is CCc1nc(C)nc(N2CCCN(C(=O)c3ccc(-c4ccccc4)cc3)CC2)c1Cc1ccccc1. The van der Waals surface area contributed by atoms with Crippen LogP contribution in [0.3, 0.4) is 0 Å². The third-order valence-corrected chi connectivity index (χ3v) is 7.06. The van der Waals surface area contributed by atoms with Crippen molar-refractivity contribution < 1.29 is 4.79 Å². The maximum Gasteiger partial charge on any atom is 0.253 e. The van der Waals surface area contributed by atoms with Crippen LogP contribution >= 0.6 is 0 Å². The molecule has 1 aromatic heterocycles. The normalized spacial score (nSPS) is 13.9. The molecule has 4 aromatic rings. The van der Waals surface area contributed by atoms with Gasteiger partial charge in [-0.25, -0.2) is 9.97 Å². The van der Waals surface area contributed by atoms with E-state index in [2.05, 4.69) is 48.2 Å². The second-order valence-electron chi connectivity index (χ2n) is 9.61. The van der Waals surface area contributed by atoms with Crippen LogP contribution in [0.15, 0.2) is 84.9 Å². The van der Waals surface area contributed by atoms with Gasteiger partial charge in [-0.05, 0) is 48.6 Å². The van der Waals surface area contributed by atoms with E-state index in [0.29, 0.717) is 6.54 Å². The predicted octanol–water partition coefficient (Wildman–Crippen LogP) is 5.96. The summed E-state index contributed by atoms with van der Waals surface area (Å²) in [6.07, 6.45) is 2.59. The van der Waals surface area contributed by atoms with Gasteiger partial charge in [0.15, 0.2) is 0 Å². The number of nitrogens with zero attached hydrogens (tertiary/aromatic N) is 4. The minimum absolute atomic E-state index is 0.0964. The van der Waals surface area contributed by atoms with Crippen molar-refractivity contribution in [1.82, 2.24) is 14.9 Å². The number of rotatable bonds is 6. The fourth-order valence-electron chi connectivity index (χ4n) is 5.12. The number of amides is 1. The third kappa shape index (κ3) is 5.72. The zero-order valence-corrected chi connectivity index (χ0v) is 21.7. The van der Waals surface area contributed by atoms with Crippen LogP contribution in [0, 0.1) is 6.92 Å². The van der Waals surface area contributed by atoms with Crippen molar-refractivity contribution in [2.45, 2.75) is 33.1 Å². The molecule has 5 heteroatoms. The molecule has 1 aliphatic heterocycles. The topological polar surface area (TPSA) is 49.3 Å². The average Bonchev–Trinajstić information content (AvgIpc) is 3.21. The lowest BCUT2D eigenvalue weighted by molar-refractivity contribution is 0.0767. The molecule has 5 rings (SSSR count). The molecule has 1 aliphatic rings. The van der Waals surface area contributed by atoms with Crippen LogP contribution in [0.1, 0.15) is 46.3 Å². The highest BCUT2D eigenvalue weighted by Gasteiger charge is 2.24. The lowest BCUT2D eigenvalue weighted by atomic mass is 10.0. The van der Waals surface area contributed by atoms with E-state index in [0.717, 1.165) is 72.9 Å². The molecule has 2 heterocycles. The maximum absolute atomic E-state index is 13.4. The highest BCUT2D eigenvalue weighted by Crippen LogP contribution is 2.26. The number of anilines is 1. The van der Waals surface area contributed by atoms with Crippen molar-refractivity contribution in [1.29, 1.82) is 0 Å². The second-order valence-corrected chi connectivity index (χ2v) is 9.61. The smallest absolute Gasteiger partial charge is 0.253 e. The fraction of sp³-hybridized carbons (Fsp3) is 0.281. The van der Waals surface area contributed by atoms with Crippen LogP contribution in [-0.2, 0) is 12.8 Å². The number of carbonyl (C=O) groups excluding carboxylic acids is 1. The Labute approximate surface area is 219 Å². The Kier molecular flexibility index (Phi) is 7.59. The first kappa shape index (κ1) is 24.7. The molecular weight excluding hydrogens is 456 g/mol. The molecule has 188 valence electrons. The van der Waals surface area contributed by atoms with E-state index in [1.807, 2.05) is 60.4 Å². The molecule has 0 atom stereocenters. The van der Waals surface area contributed by atoms with Crippen molar-refractivity contribution in [3.8, 4) is 11.1 Å². The van der Waals surface area contributed by atoms with Gasteiger partial charge in [0, 0.05) is 49.4 Å². The highest BCUT2D eigenvalue weighted by atomic mass is 16.2. The zero-order chi connectivity index (χ0) is 25.6. The second kappa shape index (κ2) is 11.4. The Hall–Kier alpha value is -3.99. The molecule has 0 N–H and O–H groups in total. The predicted molar refractivity (Wildman–Crippen MR) is 150 cm³/mol. The van der Waals surface area contributed by atoms with Crippen LogP contribution in [0.4, 0.5) is 5.82 Å². The summed E-state index contributed by atoms with van der Waals surface area (Å²) in [6, 6.07) is 28.8. The first-order valence-corrected chi connectivity index (χ1v) is 13.2. The van der Waals surface area contributed by atoms with E-state index in [9.17, 15) is 4.79 Å². The Morgan fingerprint density at radius 2 is 1.46 bits per heavy atom. The lowest BCUT2D eigenvalue weighted by Crippen LogP contribution is -2.35. The number of hydrogen-bond acceptors (Lipinski definition) is 4. The molecule has 1 fully saturated rings. The number of aromatic nitrogens is 2. The van der Waals surface area contributed by atoms with Gasteiger partial charge in [0.1, 0.15) is 11.6 Å². The Balaban J connectivity index is 1.33. The van der Waals surface area contributed by atoms with Crippen LogP contribution < -0.4 is 4.90 Å². The molecule has 1 saturated heterocycles. The summed E-state index contributed by atoms with van der Waals surface area (Å²) in [4.78, 5) is 27.4. The molecule has 1 amide bonds. The van der Waals surface area contributed by atoms with Gasteiger partial charge in [-0.15, -0.1) is 0 Å². The monoisotopic (exact) mass is 490 g/mol. The van der Waals surface area contributed by atoms with Crippen LogP contribution in [0.25, 0.3) is 11.1 Å². The number of aryl methyl sites for hydroxylation is 2. The average molecular weight is 491 g/mol. The van der Waals surface area contributed by atoms with E-state index in [-0.39, 0.29) is 5.91 Å². The molecule has 0 radical (unpaired) electrons. The van der Waals surface area contributed by atoms with Crippen LogP contribution in [0.2, 0.25) is 0 Å². The largest absolute Gasteiger partial charge is 0.354 e. The quantitative estimate of drug-likeness (QED) is 0.335. The van der Waals surface area contributed by atoms with Crippen LogP contribution in [0.5, 0.6) is 0 Å². The lowest BCUT2D eigenvalue weighted by Gasteiger charge is -2.26. The molecule has 0 spiro atoms. The Morgan fingerprint density at radius 1 is 0.784 bits per heavy atom. The Bertz CT molecular complexity index is 1340. The van der Waals surface area contributed by atoms with Gasteiger partial charge in [-0.1, -0.05) is 79.7 Å². The highest BCUT2D eigenvalue weighted by molar-refractivity contribution is 5.94. The first-order valence-electron chi connectivity index (χ1n) is 13.2. The minimum atomic E-state index is 0.0964. The van der Waals surface area contributed by atoms with Crippen molar-refractivity contribution in [2.75, 3.05) is 31.1 Å². The summed E-state index contributed by atoms with van der Waals surface area (Å²) in [5, 5.41) is 0. The fourth-order valence-corrected chi connectivity index (χ4v) is 5.12.